The molecule has 0 saturated heterocycles. The molecule has 11 amide bonds. The van der Waals surface area contributed by atoms with E-state index in [2.05, 4.69) is 44.1 Å². The van der Waals surface area contributed by atoms with E-state index in [1.54, 1.807) is 100 Å². The van der Waals surface area contributed by atoms with E-state index in [4.69, 9.17) is 21.9 Å². The van der Waals surface area contributed by atoms with Crippen LogP contribution in [-0.2, 0) is 64.0 Å². The van der Waals surface area contributed by atoms with Crippen LogP contribution in [0.4, 0.5) is 0 Å². The van der Waals surface area contributed by atoms with Gasteiger partial charge in [0.2, 0.25) is 0 Å². The number of likely N-dealkylation sites (N-methyl/N-ethyl adjacent to an activating group) is 2. The predicted octanol–water partition coefficient (Wildman–Crippen LogP) is -1.55. The number of carbonyl (C=O) groups excluding carboxylic acids is 11. The fraction of sp³-hybridized carbons (Fsp3) is 0.565. The van der Waals surface area contributed by atoms with Crippen LogP contribution in [-0.4, -0.2) is 232 Å². The predicted molar refractivity (Wildman–Crippen MR) is 376 cm³/mol. The molecule has 0 spiro atoms. The normalized spacial score (nSPS) is 15.5. The number of aliphatic hydroxyl groups excluding tert-OH is 3. The van der Waals surface area contributed by atoms with Gasteiger partial charge in [-0.25, -0.2) is 0 Å². The van der Waals surface area contributed by atoms with Gasteiger partial charge in [0, 0.05) is 0 Å². The molecule has 0 heterocycles. The van der Waals surface area contributed by atoms with Crippen LogP contribution in [0.2, 0.25) is 9.63 Å². The first-order chi connectivity index (χ1) is 47.2. The summed E-state index contributed by atoms with van der Waals surface area (Å²) in [4.78, 5) is 166. The third-order valence-corrected chi connectivity index (χ3v) is 21.4. The summed E-state index contributed by atoms with van der Waals surface area (Å²) in [6, 6.07) is 11.3. The number of unbranched alkanes of at least 4 members (excludes halogenated alkanes) is 4. The van der Waals surface area contributed by atoms with Gasteiger partial charge in [0.05, 0.1) is 7.11 Å². The first-order valence-electron chi connectivity index (χ1n) is 33.5. The average Bonchev–Trinajstić information content (AvgIpc) is 0.829. The second-order valence-corrected chi connectivity index (χ2v) is 31.3. The molecular weight excluding hydrogens is 1430 g/mol. The SMILES string of the molecule is CCCCCCC[C@H](O)C[C@@H](NC(=O)[C@H](C)N)[C@@H](O)C(=O)N[C@@H](C(=O)N[C@H](C(=O)N[C@@H](CCCc1ccc(OC)cc1)C(=O)N[C@H](C(=O)N(C)[C@@H](CC(N)=O)C(=O)N[C@H](C(=O)N[C@@H](CCC(N)=O)C(=O)N(C)CC(=O)O)[C@H](C)[Se]c1ccccc1)[C@@H](C)O)C(C)C)[C@H](C)[Se]c1ccccc1. The van der Waals surface area contributed by atoms with E-state index in [1.165, 1.54) is 21.1 Å². The summed E-state index contributed by atoms with van der Waals surface area (Å²) >= 11 is -1.16. The molecule has 0 aliphatic rings. The molecule has 29 nitrogen and oxygen atoms in total. The number of aryl methyl sites for hydroxylation is 1. The van der Waals surface area contributed by atoms with Crippen molar-refractivity contribution in [2.45, 2.75) is 214 Å². The van der Waals surface area contributed by atoms with E-state index < -0.39 is 208 Å². The third-order valence-electron chi connectivity index (χ3n) is 16.4. The van der Waals surface area contributed by atoms with Crippen LogP contribution in [0.5, 0.6) is 5.75 Å². The van der Waals surface area contributed by atoms with Crippen LogP contribution in [0.3, 0.4) is 0 Å². The molecule has 3 aromatic rings. The topological polar surface area (TPSA) is 464 Å². The van der Waals surface area contributed by atoms with Crippen LogP contribution in [0, 0.1) is 5.92 Å². The molecular formula is C69H104N12O17Se2. The van der Waals surface area contributed by atoms with E-state index in [0.717, 1.165) is 63.9 Å². The minimum atomic E-state index is -2.00. The van der Waals surface area contributed by atoms with Gasteiger partial charge < -0.3 is 4.74 Å². The van der Waals surface area contributed by atoms with Crippen molar-refractivity contribution >= 4 is 110 Å². The Morgan fingerprint density at radius 2 is 1.05 bits per heavy atom. The first-order valence-corrected chi connectivity index (χ1v) is 37.2. The van der Waals surface area contributed by atoms with Crippen molar-refractivity contribution in [2.75, 3.05) is 27.7 Å². The number of rotatable bonds is 46. The number of amides is 11. The van der Waals surface area contributed by atoms with Gasteiger partial charge in [-0.15, -0.1) is 0 Å². The van der Waals surface area contributed by atoms with Crippen molar-refractivity contribution in [3.8, 4) is 5.75 Å². The second-order valence-electron chi connectivity index (χ2n) is 25.2. The Balaban J connectivity index is 2.07. The summed E-state index contributed by atoms with van der Waals surface area (Å²) in [5.74, 6) is -12.2. The van der Waals surface area contributed by atoms with Crippen molar-refractivity contribution in [3.63, 3.8) is 0 Å². The van der Waals surface area contributed by atoms with Gasteiger partial charge in [-0.3, -0.25) is 0 Å². The molecule has 3 rings (SSSR count). The standard InChI is InChI=1S/C69H104N12O17Se2/c1-11-12-13-14-17-24-45(83)36-51(75-61(89)40(4)70)60(88)67(95)79-59(43(7)100-48-27-20-16-21-28-48)66(94)76-56(39(2)3)64(92)73-49(29-22-23-44-30-32-46(98-10)33-31-44)62(90)77-57(41(5)82)69(97)81(9)52(37-54(72)85)63(91)78-58(42(6)99-47-25-18-15-19-26-47)65(93)74-50(34-35-53(71)84)68(96)80(8)38-55(86)87/h15-16,18-21,25-28,30-33,39-43,45,49-52,56-60,82-83,88H,11-14,17,22-24,29,34-38,70H2,1-10H3,(H2,71,84)(H2,72,85)(H,73,92)(H,74,93)(H,75,89)(H,76,94)(H,77,90)(H,78,91)(H,79,95)(H,86,87)/t40-,41+,42-,43-,45-,49-,50-,51+,52-,56-,57-,58-,59+,60+/m0/s1. The summed E-state index contributed by atoms with van der Waals surface area (Å²) in [7, 11) is 3.76. The Morgan fingerprint density at radius 1 is 0.540 bits per heavy atom. The number of carbonyl (C=O) groups is 12. The zero-order chi connectivity index (χ0) is 74.9. The number of aliphatic carboxylic acids is 1. The van der Waals surface area contributed by atoms with Crippen LogP contribution in [0.25, 0.3) is 0 Å². The van der Waals surface area contributed by atoms with E-state index in [9.17, 15) is 78.0 Å². The number of methoxy groups -OCH3 is 1. The molecule has 0 bridgehead atoms. The van der Waals surface area contributed by atoms with E-state index in [0.29, 0.717) is 25.0 Å². The number of carboxylic acid groups (broad SMARTS) is 1. The fourth-order valence-electron chi connectivity index (χ4n) is 10.6. The molecule has 554 valence electrons. The van der Waals surface area contributed by atoms with Gasteiger partial charge in [-0.2, -0.15) is 0 Å². The van der Waals surface area contributed by atoms with Crippen molar-refractivity contribution in [1.82, 2.24) is 47.0 Å². The minimum absolute atomic E-state index is 0.121. The Hall–Kier alpha value is -8.02. The van der Waals surface area contributed by atoms with Crippen molar-refractivity contribution in [3.05, 3.63) is 90.5 Å². The fourth-order valence-corrected chi connectivity index (χ4v) is 15.1. The summed E-state index contributed by atoms with van der Waals surface area (Å²) in [6.07, 6.45) is -1.42. The Bertz CT molecular complexity index is 3160. The van der Waals surface area contributed by atoms with Gasteiger partial charge in [0.15, 0.2) is 0 Å². The van der Waals surface area contributed by atoms with Gasteiger partial charge in [0.1, 0.15) is 5.75 Å². The van der Waals surface area contributed by atoms with Crippen LogP contribution in [0.15, 0.2) is 84.9 Å². The molecule has 0 saturated carbocycles. The number of primary amides is 2. The number of nitrogens with zero attached hydrogens (tertiary/aromatic N) is 2. The molecule has 0 aliphatic carbocycles. The number of aliphatic hydroxyl groups is 3. The van der Waals surface area contributed by atoms with E-state index in [1.807, 2.05) is 12.1 Å². The molecule has 0 aromatic heterocycles. The van der Waals surface area contributed by atoms with E-state index in [-0.39, 0.29) is 25.7 Å². The summed E-state index contributed by atoms with van der Waals surface area (Å²) in [5.41, 5.74) is 17.8. The first kappa shape index (κ1) is 86.2. The number of nitrogens with one attached hydrogen (secondary N) is 7. The average molecular weight is 1530 g/mol. The van der Waals surface area contributed by atoms with E-state index >= 15 is 0 Å². The molecule has 31 heteroatoms. The number of carboxylic acids is 1. The Kier molecular flexibility index (Phi) is 38.2. The Labute approximate surface area is 597 Å². The molecule has 0 radical (unpaired) electrons. The van der Waals surface area contributed by atoms with Gasteiger partial charge in [-0.1, -0.05) is 31.9 Å². The molecule has 0 aliphatic heterocycles. The number of ether oxygens (including phenoxy) is 1. The monoisotopic (exact) mass is 1530 g/mol. The molecule has 3 aromatic carbocycles. The van der Waals surface area contributed by atoms with Crippen LogP contribution in [0.1, 0.15) is 131 Å². The van der Waals surface area contributed by atoms with Gasteiger partial charge in [0.25, 0.3) is 0 Å². The zero-order valence-electron chi connectivity index (χ0n) is 58.7. The number of hydrogen-bond donors (Lipinski definition) is 14. The summed E-state index contributed by atoms with van der Waals surface area (Å²) < 4.78 is 6.90. The maximum atomic E-state index is 14.9. The van der Waals surface area contributed by atoms with Crippen molar-refractivity contribution in [1.29, 1.82) is 0 Å². The summed E-state index contributed by atoms with van der Waals surface area (Å²) in [5, 5.41) is 61.9. The van der Waals surface area contributed by atoms with Crippen LogP contribution < -0.4 is 68.1 Å². The summed E-state index contributed by atoms with van der Waals surface area (Å²) in [6.45, 7) is 10.4. The van der Waals surface area contributed by atoms with Crippen molar-refractivity contribution < 1.29 is 82.7 Å². The third kappa shape index (κ3) is 30.0. The van der Waals surface area contributed by atoms with Gasteiger partial charge in [-0.05, 0) is 12.1 Å². The molecule has 14 atom stereocenters. The number of nitrogens with two attached hydrogens (primary N) is 3. The van der Waals surface area contributed by atoms with Crippen molar-refractivity contribution in [2.24, 2.45) is 23.1 Å². The maximum absolute atomic E-state index is 14.9. The van der Waals surface area contributed by atoms with Gasteiger partial charge >= 0.3 is 539 Å². The molecule has 0 fully saturated rings. The molecule has 0 unspecified atom stereocenters. The zero-order valence-corrected chi connectivity index (χ0v) is 62.1. The number of hydrogen-bond acceptors (Lipinski definition) is 17. The second kappa shape index (κ2) is 44.3. The van der Waals surface area contributed by atoms with Crippen LogP contribution >= 0.6 is 0 Å². The molecule has 17 N–H and O–H groups in total. The Morgan fingerprint density at radius 3 is 1.55 bits per heavy atom. The molecule has 100 heavy (non-hydrogen) atoms. The quantitative estimate of drug-likeness (QED) is 0.0225. The number of benzene rings is 3.